The average molecular weight is 507 g/mol. The van der Waals surface area contributed by atoms with E-state index in [0.29, 0.717) is 22.8 Å². The summed E-state index contributed by atoms with van der Waals surface area (Å²) < 4.78 is 53.9. The highest BCUT2D eigenvalue weighted by Gasteiger charge is 2.45. The number of phenols is 1. The summed E-state index contributed by atoms with van der Waals surface area (Å²) in [5, 5.41) is 18.8. The average Bonchev–Trinajstić information content (AvgIpc) is 2.82. The van der Waals surface area contributed by atoms with E-state index in [1.165, 1.54) is 6.07 Å². The first-order valence-electron chi connectivity index (χ1n) is 11.8. The number of fused-ring (bicyclic) bond motifs is 3. The Labute approximate surface area is 204 Å². The molecular weight excluding hydrogens is 480 g/mol. The van der Waals surface area contributed by atoms with E-state index in [2.05, 4.69) is 20.1 Å². The van der Waals surface area contributed by atoms with Crippen LogP contribution in [-0.2, 0) is 6.54 Å². The van der Waals surface area contributed by atoms with Crippen LogP contribution < -0.4 is 10.5 Å². The SMILES string of the molecule is CN(c1ccc(-c2cc3ncn(CC(F)(F)F)c(=O)c3cc2O)nn1)[C@H]1C[C@@H]2CCC[C@@H]([C@H]1F)N2C. The number of nitrogens with zero attached hydrogens (tertiary/aromatic N) is 6. The lowest BCUT2D eigenvalue weighted by atomic mass is 9.80. The van der Waals surface area contributed by atoms with Crippen LogP contribution >= 0.6 is 0 Å². The Kier molecular flexibility index (Phi) is 6.09. The lowest BCUT2D eigenvalue weighted by Gasteiger charge is -2.51. The molecule has 3 aromatic rings. The predicted octanol–water partition coefficient (Wildman–Crippen LogP) is 3.52. The maximum absolute atomic E-state index is 15.3. The molecule has 8 nitrogen and oxygen atoms in total. The van der Waals surface area contributed by atoms with Gasteiger partial charge in [-0.25, -0.2) is 9.37 Å². The Morgan fingerprint density at radius 3 is 2.67 bits per heavy atom. The minimum Gasteiger partial charge on any atom is -0.507 e. The number of halogens is 4. The summed E-state index contributed by atoms with van der Waals surface area (Å²) in [5.41, 5.74) is -0.287. The highest BCUT2D eigenvalue weighted by Crippen LogP contribution is 2.37. The molecular formula is C24H26F4N6O2. The zero-order valence-electron chi connectivity index (χ0n) is 19.8. The summed E-state index contributed by atoms with van der Waals surface area (Å²) in [5.74, 6) is 0.149. The fraction of sp³-hybridized carbons (Fsp3) is 0.500. The van der Waals surface area contributed by atoms with Crippen LogP contribution in [0.1, 0.15) is 25.7 Å². The van der Waals surface area contributed by atoms with Crippen molar-refractivity contribution in [3.05, 3.63) is 40.9 Å². The third kappa shape index (κ3) is 4.38. The molecule has 2 aromatic heterocycles. The summed E-state index contributed by atoms with van der Waals surface area (Å²) >= 11 is 0. The van der Waals surface area contributed by atoms with Crippen molar-refractivity contribution in [1.29, 1.82) is 0 Å². The summed E-state index contributed by atoms with van der Waals surface area (Å²) in [6, 6.07) is 5.66. The molecule has 5 rings (SSSR count). The van der Waals surface area contributed by atoms with Crippen LogP contribution in [0.15, 0.2) is 35.4 Å². The molecule has 4 heterocycles. The van der Waals surface area contributed by atoms with Crippen LogP contribution in [0, 0.1) is 0 Å². The first-order valence-corrected chi connectivity index (χ1v) is 11.8. The third-order valence-corrected chi connectivity index (χ3v) is 7.46. The van der Waals surface area contributed by atoms with E-state index in [1.54, 1.807) is 19.2 Å². The van der Waals surface area contributed by atoms with Gasteiger partial charge in [0.1, 0.15) is 18.5 Å². The lowest BCUT2D eigenvalue weighted by molar-refractivity contribution is -0.141. The Morgan fingerprint density at radius 1 is 1.19 bits per heavy atom. The van der Waals surface area contributed by atoms with Crippen LogP contribution in [0.25, 0.3) is 22.2 Å². The normalized spacial score (nSPS) is 24.7. The molecule has 2 saturated heterocycles. The molecule has 2 aliphatic heterocycles. The van der Waals surface area contributed by atoms with E-state index in [-0.39, 0.29) is 40.0 Å². The number of alkyl halides is 4. The van der Waals surface area contributed by atoms with Crippen LogP contribution in [0.5, 0.6) is 5.75 Å². The monoisotopic (exact) mass is 506 g/mol. The van der Waals surface area contributed by atoms with Gasteiger partial charge in [0.05, 0.1) is 29.0 Å². The van der Waals surface area contributed by atoms with Gasteiger partial charge in [-0.05, 0) is 50.6 Å². The lowest BCUT2D eigenvalue weighted by Crippen LogP contribution is -2.62. The number of aromatic nitrogens is 4. The second-order valence-electron chi connectivity index (χ2n) is 9.63. The van der Waals surface area contributed by atoms with Crippen LogP contribution in [0.4, 0.5) is 23.4 Å². The largest absolute Gasteiger partial charge is 0.507 e. The molecule has 1 N–H and O–H groups in total. The van der Waals surface area contributed by atoms with Gasteiger partial charge in [0.25, 0.3) is 5.56 Å². The van der Waals surface area contributed by atoms with Gasteiger partial charge in [-0.15, -0.1) is 10.2 Å². The fourth-order valence-electron chi connectivity index (χ4n) is 5.48. The summed E-state index contributed by atoms with van der Waals surface area (Å²) in [6.45, 7) is -1.48. The molecule has 12 heteroatoms. The van der Waals surface area contributed by atoms with Gasteiger partial charge in [-0.1, -0.05) is 6.42 Å². The van der Waals surface area contributed by atoms with Crippen LogP contribution in [-0.4, -0.2) is 74.3 Å². The maximum atomic E-state index is 15.3. The quantitative estimate of drug-likeness (QED) is 0.542. The molecule has 0 spiro atoms. The molecule has 0 saturated carbocycles. The second kappa shape index (κ2) is 8.99. The molecule has 0 radical (unpaired) electrons. The number of piperidine rings is 2. The van der Waals surface area contributed by atoms with E-state index in [9.17, 15) is 23.1 Å². The molecule has 0 unspecified atom stereocenters. The van der Waals surface area contributed by atoms with Gasteiger partial charge in [0.2, 0.25) is 0 Å². The zero-order valence-corrected chi connectivity index (χ0v) is 19.8. The second-order valence-corrected chi connectivity index (χ2v) is 9.63. The highest BCUT2D eigenvalue weighted by atomic mass is 19.4. The van der Waals surface area contributed by atoms with Crippen molar-refractivity contribution in [2.75, 3.05) is 19.0 Å². The van der Waals surface area contributed by atoms with Crippen molar-refractivity contribution in [2.24, 2.45) is 0 Å². The molecule has 1 aromatic carbocycles. The van der Waals surface area contributed by atoms with Gasteiger partial charge in [0.15, 0.2) is 5.82 Å². The summed E-state index contributed by atoms with van der Waals surface area (Å²) in [7, 11) is 3.79. The summed E-state index contributed by atoms with van der Waals surface area (Å²) in [6.07, 6.45) is -1.17. The maximum Gasteiger partial charge on any atom is 0.406 e. The minimum atomic E-state index is -4.58. The standard InChI is InChI=1S/C24H26F4N6O2/c1-32-13-4-3-5-18(32)22(25)19(8-13)33(2)21-7-6-16(30-31-21)14-9-17-15(10-20(14)35)23(36)34(12-29-17)11-24(26,27)28/h6-7,9-10,12-13,18-19,22,35H,3-5,8,11H2,1-2H3/t13-,18-,19-,22+/m0/s1. The van der Waals surface area contributed by atoms with Gasteiger partial charge < -0.3 is 10.0 Å². The molecule has 0 aliphatic carbocycles. The van der Waals surface area contributed by atoms with E-state index in [4.69, 9.17) is 0 Å². The van der Waals surface area contributed by atoms with Gasteiger partial charge in [-0.2, -0.15) is 13.2 Å². The topological polar surface area (TPSA) is 87.4 Å². The van der Waals surface area contributed by atoms with E-state index in [1.807, 2.05) is 11.9 Å². The van der Waals surface area contributed by atoms with Gasteiger partial charge in [-0.3, -0.25) is 14.3 Å². The highest BCUT2D eigenvalue weighted by molar-refractivity contribution is 5.86. The Bertz CT molecular complexity index is 1330. The van der Waals surface area contributed by atoms with Crippen LogP contribution in [0.3, 0.4) is 0 Å². The molecule has 2 bridgehead atoms. The number of benzene rings is 1. The Morgan fingerprint density at radius 2 is 1.97 bits per heavy atom. The van der Waals surface area contributed by atoms with Crippen molar-refractivity contribution >= 4 is 16.7 Å². The predicted molar refractivity (Wildman–Crippen MR) is 126 cm³/mol. The number of phenolic OH excluding ortho intramolecular Hbond substituents is 1. The molecule has 2 fully saturated rings. The first kappa shape index (κ1) is 24.4. The summed E-state index contributed by atoms with van der Waals surface area (Å²) in [4.78, 5) is 20.4. The van der Waals surface area contributed by atoms with E-state index in [0.717, 1.165) is 31.7 Å². The van der Waals surface area contributed by atoms with E-state index < -0.39 is 24.5 Å². The first-order chi connectivity index (χ1) is 17.0. The Hall–Kier alpha value is -3.28. The van der Waals surface area contributed by atoms with Crippen molar-refractivity contribution in [3.8, 4) is 17.0 Å². The smallest absolute Gasteiger partial charge is 0.406 e. The van der Waals surface area contributed by atoms with Crippen molar-refractivity contribution in [2.45, 2.75) is 62.7 Å². The molecule has 4 atom stereocenters. The molecule has 192 valence electrons. The van der Waals surface area contributed by atoms with E-state index >= 15 is 4.39 Å². The van der Waals surface area contributed by atoms with Gasteiger partial charge >= 0.3 is 6.18 Å². The molecule has 36 heavy (non-hydrogen) atoms. The number of aromatic hydroxyl groups is 1. The number of anilines is 1. The Balaban J connectivity index is 1.41. The number of hydrogen-bond donors (Lipinski definition) is 1. The fourth-order valence-corrected chi connectivity index (χ4v) is 5.48. The van der Waals surface area contributed by atoms with Gasteiger partial charge in [0, 0.05) is 24.7 Å². The third-order valence-electron chi connectivity index (χ3n) is 7.46. The van der Waals surface area contributed by atoms with Crippen molar-refractivity contribution in [1.82, 2.24) is 24.6 Å². The molecule has 2 aliphatic rings. The number of rotatable bonds is 4. The van der Waals surface area contributed by atoms with Crippen LogP contribution in [0.2, 0.25) is 0 Å². The van der Waals surface area contributed by atoms with Crippen molar-refractivity contribution < 1.29 is 22.7 Å². The van der Waals surface area contributed by atoms with Crippen molar-refractivity contribution in [3.63, 3.8) is 0 Å². The minimum absolute atomic E-state index is 0.111. The number of hydrogen-bond acceptors (Lipinski definition) is 7. The molecule has 0 amide bonds. The zero-order chi connectivity index (χ0) is 25.8.